The number of hydrogen-bond donors (Lipinski definition) is 2. The Balaban J connectivity index is 1.94. The summed E-state index contributed by atoms with van der Waals surface area (Å²) in [4.78, 5) is 23.8. The van der Waals surface area contributed by atoms with E-state index in [1.807, 2.05) is 18.2 Å². The maximum Gasteiger partial charge on any atom is 0.331 e. The predicted molar refractivity (Wildman–Crippen MR) is 82.6 cm³/mol. The van der Waals surface area contributed by atoms with E-state index in [0.29, 0.717) is 16.3 Å². The standard InChI is InChI=1S/C15H14ClNO3S/c16-11-5-2-1-4-10(11)7-8-13(18)17-14(15(19)20)12-6-3-9-21-12/h1-6,9,14H,7-8H2,(H,17,18)(H,19,20). The third-order valence-corrected chi connectivity index (χ3v) is 4.27. The number of amides is 1. The van der Waals surface area contributed by atoms with Crippen LogP contribution in [0.4, 0.5) is 0 Å². The zero-order valence-corrected chi connectivity index (χ0v) is 12.7. The topological polar surface area (TPSA) is 66.4 Å². The Labute approximate surface area is 131 Å². The first-order chi connectivity index (χ1) is 10.1. The minimum atomic E-state index is -1.07. The lowest BCUT2D eigenvalue weighted by Crippen LogP contribution is -2.33. The van der Waals surface area contributed by atoms with Gasteiger partial charge in [0.15, 0.2) is 6.04 Å². The summed E-state index contributed by atoms with van der Waals surface area (Å²) in [6, 6.07) is 9.74. The van der Waals surface area contributed by atoms with Gasteiger partial charge in [-0.15, -0.1) is 11.3 Å². The summed E-state index contributed by atoms with van der Waals surface area (Å²) in [6.07, 6.45) is 0.668. The number of benzene rings is 1. The van der Waals surface area contributed by atoms with Crippen molar-refractivity contribution < 1.29 is 14.7 Å². The Morgan fingerprint density at radius 2 is 2.00 bits per heavy atom. The smallest absolute Gasteiger partial charge is 0.331 e. The molecule has 0 saturated heterocycles. The molecule has 6 heteroatoms. The SMILES string of the molecule is O=C(CCc1ccccc1Cl)NC(C(=O)O)c1cccs1. The Morgan fingerprint density at radius 3 is 2.62 bits per heavy atom. The quantitative estimate of drug-likeness (QED) is 0.857. The van der Waals surface area contributed by atoms with Crippen LogP contribution in [0.2, 0.25) is 5.02 Å². The van der Waals surface area contributed by atoms with Crippen molar-refractivity contribution in [2.75, 3.05) is 0 Å². The minimum absolute atomic E-state index is 0.193. The van der Waals surface area contributed by atoms with Crippen molar-refractivity contribution in [3.05, 3.63) is 57.2 Å². The fourth-order valence-corrected chi connectivity index (χ4v) is 2.89. The summed E-state index contributed by atoms with van der Waals surface area (Å²) in [5, 5.41) is 14.1. The van der Waals surface area contributed by atoms with Crippen molar-refractivity contribution in [2.24, 2.45) is 0 Å². The molecule has 4 nitrogen and oxygen atoms in total. The summed E-state index contributed by atoms with van der Waals surface area (Å²) in [5.41, 5.74) is 0.873. The minimum Gasteiger partial charge on any atom is -0.479 e. The van der Waals surface area contributed by atoms with Crippen LogP contribution in [0, 0.1) is 0 Å². The molecule has 0 radical (unpaired) electrons. The van der Waals surface area contributed by atoms with Gasteiger partial charge in [0.05, 0.1) is 0 Å². The number of rotatable bonds is 6. The zero-order chi connectivity index (χ0) is 15.2. The highest BCUT2D eigenvalue weighted by molar-refractivity contribution is 7.10. The molecule has 110 valence electrons. The molecule has 0 bridgehead atoms. The number of carboxylic acid groups (broad SMARTS) is 1. The predicted octanol–water partition coefficient (Wildman–Crippen LogP) is 3.28. The molecule has 0 saturated carbocycles. The van der Waals surface area contributed by atoms with Gasteiger partial charge in [-0.3, -0.25) is 4.79 Å². The third kappa shape index (κ3) is 4.31. The van der Waals surface area contributed by atoms with Crippen LogP contribution in [0.5, 0.6) is 0 Å². The van der Waals surface area contributed by atoms with Crippen molar-refractivity contribution in [2.45, 2.75) is 18.9 Å². The number of nitrogens with one attached hydrogen (secondary N) is 1. The number of thiophene rings is 1. The number of hydrogen-bond acceptors (Lipinski definition) is 3. The van der Waals surface area contributed by atoms with Crippen molar-refractivity contribution in [3.8, 4) is 0 Å². The zero-order valence-electron chi connectivity index (χ0n) is 11.1. The molecule has 1 aromatic carbocycles. The van der Waals surface area contributed by atoms with Gasteiger partial charge in [0.1, 0.15) is 0 Å². The Morgan fingerprint density at radius 1 is 1.24 bits per heavy atom. The van der Waals surface area contributed by atoms with E-state index >= 15 is 0 Å². The van der Waals surface area contributed by atoms with E-state index in [4.69, 9.17) is 11.6 Å². The second-order valence-corrected chi connectivity index (χ2v) is 5.83. The Kier molecular flexibility index (Phi) is 5.36. The van der Waals surface area contributed by atoms with Crippen LogP contribution < -0.4 is 5.32 Å². The monoisotopic (exact) mass is 323 g/mol. The molecule has 0 aliphatic carbocycles. The van der Waals surface area contributed by atoms with Gasteiger partial charge in [0.25, 0.3) is 0 Å². The second kappa shape index (κ2) is 7.24. The molecular formula is C15H14ClNO3S. The van der Waals surface area contributed by atoms with Crippen molar-refractivity contribution >= 4 is 34.8 Å². The van der Waals surface area contributed by atoms with Crippen LogP contribution in [0.25, 0.3) is 0 Å². The first kappa shape index (κ1) is 15.5. The highest BCUT2D eigenvalue weighted by atomic mass is 35.5. The van der Waals surface area contributed by atoms with Crippen molar-refractivity contribution in [1.82, 2.24) is 5.32 Å². The van der Waals surface area contributed by atoms with Crippen LogP contribution in [0.1, 0.15) is 22.9 Å². The van der Waals surface area contributed by atoms with Gasteiger partial charge in [-0.1, -0.05) is 35.9 Å². The van der Waals surface area contributed by atoms with Gasteiger partial charge in [0, 0.05) is 16.3 Å². The van der Waals surface area contributed by atoms with Gasteiger partial charge in [-0.2, -0.15) is 0 Å². The molecule has 0 spiro atoms. The van der Waals surface area contributed by atoms with E-state index in [0.717, 1.165) is 5.56 Å². The summed E-state index contributed by atoms with van der Waals surface area (Å²) in [6.45, 7) is 0. The van der Waals surface area contributed by atoms with Gasteiger partial charge in [-0.25, -0.2) is 4.79 Å². The van der Waals surface area contributed by atoms with E-state index in [1.54, 1.807) is 23.6 Å². The van der Waals surface area contributed by atoms with Crippen LogP contribution in [-0.4, -0.2) is 17.0 Å². The number of halogens is 1. The molecule has 2 aromatic rings. The molecule has 1 unspecified atom stereocenters. The highest BCUT2D eigenvalue weighted by Gasteiger charge is 2.22. The van der Waals surface area contributed by atoms with Gasteiger partial charge in [0.2, 0.25) is 5.91 Å². The van der Waals surface area contributed by atoms with Gasteiger partial charge >= 0.3 is 5.97 Å². The summed E-state index contributed by atoms with van der Waals surface area (Å²) >= 11 is 7.32. The van der Waals surface area contributed by atoms with Crippen LogP contribution >= 0.6 is 22.9 Å². The molecule has 21 heavy (non-hydrogen) atoms. The molecule has 1 heterocycles. The van der Waals surface area contributed by atoms with Gasteiger partial charge in [-0.05, 0) is 29.5 Å². The van der Waals surface area contributed by atoms with E-state index in [-0.39, 0.29) is 12.3 Å². The van der Waals surface area contributed by atoms with Crippen LogP contribution in [0.15, 0.2) is 41.8 Å². The van der Waals surface area contributed by atoms with E-state index in [1.165, 1.54) is 11.3 Å². The number of aliphatic carboxylic acids is 1. The molecule has 2 rings (SSSR count). The molecule has 1 aromatic heterocycles. The lowest BCUT2D eigenvalue weighted by atomic mass is 10.1. The molecule has 1 atom stereocenters. The summed E-state index contributed by atoms with van der Waals surface area (Å²) < 4.78 is 0. The average molecular weight is 324 g/mol. The van der Waals surface area contributed by atoms with Crippen LogP contribution in [-0.2, 0) is 16.0 Å². The van der Waals surface area contributed by atoms with E-state index < -0.39 is 12.0 Å². The summed E-state index contributed by atoms with van der Waals surface area (Å²) in [7, 11) is 0. The first-order valence-electron chi connectivity index (χ1n) is 6.37. The average Bonchev–Trinajstić information content (AvgIpc) is 2.97. The van der Waals surface area contributed by atoms with Crippen molar-refractivity contribution in [1.29, 1.82) is 0 Å². The normalized spacial score (nSPS) is 11.9. The number of carbonyl (C=O) groups excluding carboxylic acids is 1. The molecule has 0 aliphatic heterocycles. The second-order valence-electron chi connectivity index (χ2n) is 4.45. The van der Waals surface area contributed by atoms with E-state index in [2.05, 4.69) is 5.32 Å². The Bertz CT molecular complexity index is 628. The largest absolute Gasteiger partial charge is 0.479 e. The Hall–Kier alpha value is -1.85. The van der Waals surface area contributed by atoms with E-state index in [9.17, 15) is 14.7 Å². The van der Waals surface area contributed by atoms with Gasteiger partial charge < -0.3 is 10.4 Å². The maximum absolute atomic E-state index is 11.9. The lowest BCUT2D eigenvalue weighted by Gasteiger charge is -2.13. The fraction of sp³-hybridized carbons (Fsp3) is 0.200. The lowest BCUT2D eigenvalue weighted by molar-refractivity contribution is -0.141. The summed E-state index contributed by atoms with van der Waals surface area (Å²) in [5.74, 6) is -1.38. The number of carboxylic acids is 1. The molecule has 2 N–H and O–H groups in total. The number of aryl methyl sites for hydroxylation is 1. The number of carbonyl (C=O) groups is 2. The molecule has 0 fully saturated rings. The van der Waals surface area contributed by atoms with Crippen LogP contribution in [0.3, 0.4) is 0 Å². The van der Waals surface area contributed by atoms with Crippen molar-refractivity contribution in [3.63, 3.8) is 0 Å². The first-order valence-corrected chi connectivity index (χ1v) is 7.62. The molecule has 1 amide bonds. The molecular weight excluding hydrogens is 310 g/mol. The highest BCUT2D eigenvalue weighted by Crippen LogP contribution is 2.20. The third-order valence-electron chi connectivity index (χ3n) is 2.96. The molecule has 0 aliphatic rings. The fourth-order valence-electron chi connectivity index (χ4n) is 1.89. The maximum atomic E-state index is 11.9.